The highest BCUT2D eigenvalue weighted by Crippen LogP contribution is 2.41. The van der Waals surface area contributed by atoms with Crippen LogP contribution in [0.5, 0.6) is 0 Å². The van der Waals surface area contributed by atoms with Gasteiger partial charge in [-0.05, 0) is 25.2 Å². The smallest absolute Gasteiger partial charge is 0.223 e. The van der Waals surface area contributed by atoms with Crippen molar-refractivity contribution in [2.24, 2.45) is 11.8 Å². The van der Waals surface area contributed by atoms with Gasteiger partial charge in [-0.25, -0.2) is 0 Å². The molecule has 3 atom stereocenters. The Labute approximate surface area is 95.6 Å². The van der Waals surface area contributed by atoms with Gasteiger partial charge in [0, 0.05) is 32.1 Å². The Morgan fingerprint density at radius 2 is 2.19 bits per heavy atom. The van der Waals surface area contributed by atoms with E-state index in [2.05, 4.69) is 0 Å². The predicted octanol–water partition coefficient (Wildman–Crippen LogP) is 0.395. The summed E-state index contributed by atoms with van der Waals surface area (Å²) in [4.78, 5) is 13.8. The van der Waals surface area contributed by atoms with Crippen LogP contribution in [0.4, 0.5) is 0 Å². The molecule has 4 heteroatoms. The number of ether oxygens (including phenoxy) is 1. The van der Waals surface area contributed by atoms with Crippen molar-refractivity contribution in [1.82, 2.24) is 4.90 Å². The number of aliphatic hydroxyl groups is 1. The first-order chi connectivity index (χ1) is 7.79. The zero-order valence-corrected chi connectivity index (χ0v) is 9.47. The lowest BCUT2D eigenvalue weighted by molar-refractivity contribution is -0.131. The first kappa shape index (κ1) is 10.5. The van der Waals surface area contributed by atoms with Crippen molar-refractivity contribution in [1.29, 1.82) is 0 Å². The largest absolute Gasteiger partial charge is 0.396 e. The van der Waals surface area contributed by atoms with E-state index < -0.39 is 0 Å². The lowest BCUT2D eigenvalue weighted by Crippen LogP contribution is -2.42. The van der Waals surface area contributed by atoms with E-state index in [0.29, 0.717) is 12.3 Å². The van der Waals surface area contributed by atoms with Crippen LogP contribution >= 0.6 is 0 Å². The fraction of sp³-hybridized carbons (Fsp3) is 0.917. The minimum Gasteiger partial charge on any atom is -0.396 e. The number of aliphatic hydroxyl groups excluding tert-OH is 1. The average molecular weight is 225 g/mol. The van der Waals surface area contributed by atoms with Crippen LogP contribution in [0, 0.1) is 11.8 Å². The van der Waals surface area contributed by atoms with Crippen molar-refractivity contribution in [2.75, 3.05) is 19.8 Å². The standard InChI is InChI=1S/C12H19NO3/c14-7-8-5-11(15)13(6-8)10-3-4-16-12(10)9-1-2-9/h8-10,12,14H,1-7H2. The maximum atomic E-state index is 11.9. The molecule has 3 fully saturated rings. The molecule has 3 rings (SSSR count). The molecule has 0 bridgehead atoms. The van der Waals surface area contributed by atoms with Gasteiger partial charge < -0.3 is 14.7 Å². The minimum absolute atomic E-state index is 0.129. The molecule has 3 unspecified atom stereocenters. The Kier molecular flexibility index (Phi) is 2.64. The van der Waals surface area contributed by atoms with Crippen LogP contribution < -0.4 is 0 Å². The van der Waals surface area contributed by atoms with E-state index in [1.807, 2.05) is 4.90 Å². The molecule has 1 saturated carbocycles. The second kappa shape index (κ2) is 4.00. The third-order valence-corrected chi connectivity index (χ3v) is 4.09. The van der Waals surface area contributed by atoms with E-state index in [9.17, 15) is 4.79 Å². The van der Waals surface area contributed by atoms with Gasteiger partial charge in [0.25, 0.3) is 0 Å². The molecule has 0 aromatic heterocycles. The van der Waals surface area contributed by atoms with E-state index >= 15 is 0 Å². The highest BCUT2D eigenvalue weighted by molar-refractivity contribution is 5.79. The van der Waals surface area contributed by atoms with Gasteiger partial charge in [-0.3, -0.25) is 4.79 Å². The highest BCUT2D eigenvalue weighted by atomic mass is 16.5. The summed E-state index contributed by atoms with van der Waals surface area (Å²) in [5, 5.41) is 9.12. The van der Waals surface area contributed by atoms with E-state index in [0.717, 1.165) is 19.6 Å². The first-order valence-electron chi connectivity index (χ1n) is 6.31. The van der Waals surface area contributed by atoms with E-state index in [-0.39, 0.29) is 30.6 Å². The van der Waals surface area contributed by atoms with Crippen LogP contribution in [0.1, 0.15) is 25.7 Å². The van der Waals surface area contributed by atoms with Crippen LogP contribution in [0.25, 0.3) is 0 Å². The summed E-state index contributed by atoms with van der Waals surface area (Å²) in [5.74, 6) is 1.04. The predicted molar refractivity (Wildman–Crippen MR) is 57.8 cm³/mol. The molecule has 3 aliphatic rings. The molecule has 0 spiro atoms. The number of hydrogen-bond acceptors (Lipinski definition) is 3. The minimum atomic E-state index is 0.129. The van der Waals surface area contributed by atoms with E-state index in [1.165, 1.54) is 12.8 Å². The Balaban J connectivity index is 1.69. The van der Waals surface area contributed by atoms with Gasteiger partial charge in [-0.1, -0.05) is 0 Å². The van der Waals surface area contributed by atoms with Crippen LogP contribution in [0.3, 0.4) is 0 Å². The molecule has 2 saturated heterocycles. The number of likely N-dealkylation sites (tertiary alicyclic amines) is 1. The summed E-state index contributed by atoms with van der Waals surface area (Å²) in [6, 6.07) is 0.288. The Morgan fingerprint density at radius 3 is 2.81 bits per heavy atom. The maximum Gasteiger partial charge on any atom is 0.223 e. The molecule has 1 N–H and O–H groups in total. The van der Waals surface area contributed by atoms with Gasteiger partial charge in [0.15, 0.2) is 0 Å². The number of amides is 1. The molecule has 0 aromatic rings. The molecule has 0 aromatic carbocycles. The van der Waals surface area contributed by atoms with Crippen LogP contribution in [0.2, 0.25) is 0 Å². The second-order valence-corrected chi connectivity index (χ2v) is 5.33. The van der Waals surface area contributed by atoms with Crippen LogP contribution in [0.15, 0.2) is 0 Å². The third kappa shape index (κ3) is 1.74. The van der Waals surface area contributed by atoms with Gasteiger partial charge in [-0.15, -0.1) is 0 Å². The molecule has 2 aliphatic heterocycles. The van der Waals surface area contributed by atoms with Gasteiger partial charge >= 0.3 is 0 Å². The zero-order chi connectivity index (χ0) is 11.1. The second-order valence-electron chi connectivity index (χ2n) is 5.33. The van der Waals surface area contributed by atoms with Crippen molar-refractivity contribution in [3.8, 4) is 0 Å². The molecule has 16 heavy (non-hydrogen) atoms. The summed E-state index contributed by atoms with van der Waals surface area (Å²) in [5.41, 5.74) is 0. The maximum absolute atomic E-state index is 11.9. The fourth-order valence-corrected chi connectivity index (χ4v) is 3.06. The number of rotatable bonds is 3. The molecule has 2 heterocycles. The number of nitrogens with zero attached hydrogens (tertiary/aromatic N) is 1. The summed E-state index contributed by atoms with van der Waals surface area (Å²) in [6.07, 6.45) is 4.29. The summed E-state index contributed by atoms with van der Waals surface area (Å²) in [6.45, 7) is 1.65. The van der Waals surface area contributed by atoms with Gasteiger partial charge in [0.1, 0.15) is 0 Å². The number of hydrogen-bond donors (Lipinski definition) is 1. The van der Waals surface area contributed by atoms with E-state index in [1.54, 1.807) is 0 Å². The molecule has 1 aliphatic carbocycles. The highest BCUT2D eigenvalue weighted by Gasteiger charge is 2.46. The SMILES string of the molecule is O=C1CC(CO)CN1C1CCOC1C1CC1. The monoisotopic (exact) mass is 225 g/mol. The summed E-state index contributed by atoms with van der Waals surface area (Å²) in [7, 11) is 0. The van der Waals surface area contributed by atoms with Crippen molar-refractivity contribution in [2.45, 2.75) is 37.8 Å². The molecule has 4 nitrogen and oxygen atoms in total. The van der Waals surface area contributed by atoms with Gasteiger partial charge in [-0.2, -0.15) is 0 Å². The molecule has 90 valence electrons. The van der Waals surface area contributed by atoms with Crippen molar-refractivity contribution in [3.63, 3.8) is 0 Å². The molecular formula is C12H19NO3. The number of carbonyl (C=O) groups is 1. The van der Waals surface area contributed by atoms with Crippen molar-refractivity contribution in [3.05, 3.63) is 0 Å². The Morgan fingerprint density at radius 1 is 1.38 bits per heavy atom. The average Bonchev–Trinajstić information content (AvgIpc) is 2.89. The lowest BCUT2D eigenvalue weighted by Gasteiger charge is -2.28. The van der Waals surface area contributed by atoms with Gasteiger partial charge in [0.2, 0.25) is 5.91 Å². The molecule has 0 radical (unpaired) electrons. The summed E-state index contributed by atoms with van der Waals surface area (Å²) < 4.78 is 5.76. The van der Waals surface area contributed by atoms with Crippen molar-refractivity contribution < 1.29 is 14.6 Å². The lowest BCUT2D eigenvalue weighted by atomic mass is 10.0. The Hall–Kier alpha value is -0.610. The first-order valence-corrected chi connectivity index (χ1v) is 6.31. The topological polar surface area (TPSA) is 49.8 Å². The fourth-order valence-electron chi connectivity index (χ4n) is 3.06. The van der Waals surface area contributed by atoms with E-state index in [4.69, 9.17) is 9.84 Å². The zero-order valence-electron chi connectivity index (χ0n) is 9.47. The molecule has 1 amide bonds. The van der Waals surface area contributed by atoms with Crippen LogP contribution in [-0.2, 0) is 9.53 Å². The molecular weight excluding hydrogens is 206 g/mol. The van der Waals surface area contributed by atoms with Crippen molar-refractivity contribution >= 4 is 5.91 Å². The summed E-state index contributed by atoms with van der Waals surface area (Å²) >= 11 is 0. The number of carbonyl (C=O) groups excluding carboxylic acids is 1. The van der Waals surface area contributed by atoms with Crippen LogP contribution in [-0.4, -0.2) is 47.8 Å². The normalized spacial score (nSPS) is 39.7. The Bertz CT molecular complexity index is 290. The third-order valence-electron chi connectivity index (χ3n) is 4.09. The quantitative estimate of drug-likeness (QED) is 0.756. The van der Waals surface area contributed by atoms with Gasteiger partial charge in [0.05, 0.1) is 12.1 Å².